The number of methoxy groups -OCH3 is 1. The molecule has 1 aromatic rings. The average Bonchev–Trinajstić information content (AvgIpc) is 2.91. The van der Waals surface area contributed by atoms with Gasteiger partial charge >= 0.3 is 0 Å². The topological polar surface area (TPSA) is 38.7 Å². The van der Waals surface area contributed by atoms with Gasteiger partial charge in [0.25, 0.3) is 0 Å². The van der Waals surface area contributed by atoms with E-state index in [4.69, 9.17) is 21.1 Å². The summed E-state index contributed by atoms with van der Waals surface area (Å²) in [5.41, 5.74) is 0.843. The fraction of sp³-hybridized carbons (Fsp3) is 0.600. The molecule has 0 aliphatic heterocycles. The van der Waals surface area contributed by atoms with E-state index < -0.39 is 0 Å². The van der Waals surface area contributed by atoms with Crippen LogP contribution in [0.15, 0.2) is 12.1 Å². The molecule has 0 radical (unpaired) electrons. The van der Waals surface area contributed by atoms with Gasteiger partial charge in [0.1, 0.15) is 0 Å². The van der Waals surface area contributed by atoms with Crippen LogP contribution in [-0.2, 0) is 0 Å². The summed E-state index contributed by atoms with van der Waals surface area (Å²) in [5, 5.41) is 10.0. The fourth-order valence-electron chi connectivity index (χ4n) is 2.56. The van der Waals surface area contributed by atoms with Crippen LogP contribution in [-0.4, -0.2) is 24.9 Å². The van der Waals surface area contributed by atoms with E-state index in [9.17, 15) is 5.11 Å². The van der Waals surface area contributed by atoms with Crippen LogP contribution in [0.4, 0.5) is 0 Å². The zero-order chi connectivity index (χ0) is 13.8. The summed E-state index contributed by atoms with van der Waals surface area (Å²) < 4.78 is 11.5. The quantitative estimate of drug-likeness (QED) is 0.894. The monoisotopic (exact) mass is 284 g/mol. The second-order valence-electron chi connectivity index (χ2n) is 5.10. The Labute approximate surface area is 119 Å². The van der Waals surface area contributed by atoms with Crippen molar-refractivity contribution in [2.75, 3.05) is 13.7 Å². The van der Waals surface area contributed by atoms with E-state index in [0.29, 0.717) is 16.5 Å². The second-order valence-corrected chi connectivity index (χ2v) is 5.51. The molecule has 1 atom stereocenters. The molecule has 0 amide bonds. The predicted molar refractivity (Wildman–Crippen MR) is 76.4 cm³/mol. The first-order chi connectivity index (χ1) is 9.17. The van der Waals surface area contributed by atoms with E-state index in [1.807, 2.05) is 13.0 Å². The molecule has 0 heterocycles. The Morgan fingerprint density at radius 1 is 1.37 bits per heavy atom. The van der Waals surface area contributed by atoms with Crippen molar-refractivity contribution in [3.63, 3.8) is 0 Å². The van der Waals surface area contributed by atoms with Crippen molar-refractivity contribution in [1.82, 2.24) is 0 Å². The molecule has 0 saturated heterocycles. The Bertz CT molecular complexity index is 428. The lowest BCUT2D eigenvalue weighted by molar-refractivity contribution is 0.194. The van der Waals surface area contributed by atoms with Crippen LogP contribution in [0.5, 0.6) is 11.5 Å². The third-order valence-corrected chi connectivity index (χ3v) is 4.01. The van der Waals surface area contributed by atoms with Crippen molar-refractivity contribution >= 4 is 11.6 Å². The smallest absolute Gasteiger partial charge is 0.166 e. The van der Waals surface area contributed by atoms with Crippen LogP contribution in [0.1, 0.15) is 44.1 Å². The van der Waals surface area contributed by atoms with Crippen molar-refractivity contribution in [2.45, 2.75) is 44.6 Å². The standard InChI is InChI=1S/C15H21ClO3/c1-10(9-17)14-12(16)7-8-13(18-2)15(14)19-11-5-3-4-6-11/h7-8,10-11,17H,3-6,9H2,1-2H3. The number of aliphatic hydroxyl groups excluding tert-OH is 1. The normalized spacial score (nSPS) is 17.5. The fourth-order valence-corrected chi connectivity index (χ4v) is 2.90. The Morgan fingerprint density at radius 2 is 2.05 bits per heavy atom. The van der Waals surface area contributed by atoms with Crippen LogP contribution < -0.4 is 9.47 Å². The molecule has 106 valence electrons. The van der Waals surface area contributed by atoms with E-state index in [1.165, 1.54) is 12.8 Å². The molecule has 0 aromatic heterocycles. The van der Waals surface area contributed by atoms with Gasteiger partial charge in [-0.2, -0.15) is 0 Å². The van der Waals surface area contributed by atoms with Gasteiger partial charge in [-0.05, 0) is 37.8 Å². The molecule has 19 heavy (non-hydrogen) atoms. The second kappa shape index (κ2) is 6.49. The van der Waals surface area contributed by atoms with Gasteiger partial charge in [0, 0.05) is 23.1 Å². The van der Waals surface area contributed by atoms with E-state index in [0.717, 1.165) is 18.4 Å². The lowest BCUT2D eigenvalue weighted by Gasteiger charge is -2.22. The van der Waals surface area contributed by atoms with Gasteiger partial charge in [0.05, 0.1) is 13.2 Å². The molecule has 1 fully saturated rings. The highest BCUT2D eigenvalue weighted by Crippen LogP contribution is 2.42. The molecule has 3 nitrogen and oxygen atoms in total. The van der Waals surface area contributed by atoms with Gasteiger partial charge in [0.15, 0.2) is 11.5 Å². The van der Waals surface area contributed by atoms with E-state index in [-0.39, 0.29) is 18.6 Å². The van der Waals surface area contributed by atoms with Crippen molar-refractivity contribution < 1.29 is 14.6 Å². The number of ether oxygens (including phenoxy) is 2. The minimum absolute atomic E-state index is 0.0356. The number of benzene rings is 1. The van der Waals surface area contributed by atoms with Crippen LogP contribution >= 0.6 is 11.6 Å². The molecule has 0 spiro atoms. The first kappa shape index (κ1) is 14.5. The minimum Gasteiger partial charge on any atom is -0.493 e. The van der Waals surface area contributed by atoms with Crippen molar-refractivity contribution in [3.05, 3.63) is 22.7 Å². The van der Waals surface area contributed by atoms with Crippen molar-refractivity contribution in [3.8, 4) is 11.5 Å². The third kappa shape index (κ3) is 3.15. The summed E-state index contributed by atoms with van der Waals surface area (Å²) in [6.07, 6.45) is 4.79. The molecule has 1 saturated carbocycles. The summed E-state index contributed by atoms with van der Waals surface area (Å²) in [4.78, 5) is 0. The summed E-state index contributed by atoms with van der Waals surface area (Å²) >= 11 is 6.27. The molecular formula is C15H21ClO3. The molecule has 0 bridgehead atoms. The lowest BCUT2D eigenvalue weighted by Crippen LogP contribution is -2.14. The maximum Gasteiger partial charge on any atom is 0.166 e. The maximum atomic E-state index is 9.41. The first-order valence-corrected chi connectivity index (χ1v) is 7.19. The average molecular weight is 285 g/mol. The molecule has 1 aliphatic carbocycles. The summed E-state index contributed by atoms with van der Waals surface area (Å²) in [6, 6.07) is 3.61. The Kier molecular flexibility index (Phi) is 4.94. The molecule has 1 aliphatic rings. The number of halogens is 1. The zero-order valence-electron chi connectivity index (χ0n) is 11.5. The van der Waals surface area contributed by atoms with Gasteiger partial charge in [-0.15, -0.1) is 0 Å². The number of rotatable bonds is 5. The number of hydrogen-bond donors (Lipinski definition) is 1. The molecular weight excluding hydrogens is 264 g/mol. The summed E-state index contributed by atoms with van der Waals surface area (Å²) in [6.45, 7) is 1.97. The van der Waals surface area contributed by atoms with Crippen LogP contribution in [0.3, 0.4) is 0 Å². The first-order valence-electron chi connectivity index (χ1n) is 6.81. The molecule has 4 heteroatoms. The summed E-state index contributed by atoms with van der Waals surface area (Å²) in [7, 11) is 1.62. The molecule has 2 rings (SSSR count). The van der Waals surface area contributed by atoms with E-state index in [2.05, 4.69) is 0 Å². The van der Waals surface area contributed by atoms with Crippen LogP contribution in [0.2, 0.25) is 5.02 Å². The highest BCUT2D eigenvalue weighted by molar-refractivity contribution is 6.31. The van der Waals surface area contributed by atoms with E-state index in [1.54, 1.807) is 13.2 Å². The van der Waals surface area contributed by atoms with Crippen molar-refractivity contribution in [1.29, 1.82) is 0 Å². The van der Waals surface area contributed by atoms with Gasteiger partial charge in [-0.25, -0.2) is 0 Å². The Morgan fingerprint density at radius 3 is 2.63 bits per heavy atom. The van der Waals surface area contributed by atoms with Crippen molar-refractivity contribution in [2.24, 2.45) is 0 Å². The number of aliphatic hydroxyl groups is 1. The molecule has 1 unspecified atom stereocenters. The van der Waals surface area contributed by atoms with Gasteiger partial charge in [-0.3, -0.25) is 0 Å². The van der Waals surface area contributed by atoms with E-state index >= 15 is 0 Å². The highest BCUT2D eigenvalue weighted by atomic mass is 35.5. The maximum absolute atomic E-state index is 9.41. The Hall–Kier alpha value is -0.930. The number of hydrogen-bond acceptors (Lipinski definition) is 3. The molecule has 1 aromatic carbocycles. The SMILES string of the molecule is COc1ccc(Cl)c(C(C)CO)c1OC1CCCC1. The van der Waals surface area contributed by atoms with Gasteiger partial charge < -0.3 is 14.6 Å². The Balaban J connectivity index is 2.37. The highest BCUT2D eigenvalue weighted by Gasteiger charge is 2.24. The molecule has 1 N–H and O–H groups in total. The van der Waals surface area contributed by atoms with Gasteiger partial charge in [-0.1, -0.05) is 18.5 Å². The largest absolute Gasteiger partial charge is 0.493 e. The van der Waals surface area contributed by atoms with Gasteiger partial charge in [0.2, 0.25) is 0 Å². The predicted octanol–water partition coefficient (Wildman–Crippen LogP) is 3.77. The van der Waals surface area contributed by atoms with Crippen LogP contribution in [0.25, 0.3) is 0 Å². The minimum atomic E-state index is -0.0704. The lowest BCUT2D eigenvalue weighted by atomic mass is 10.00. The third-order valence-electron chi connectivity index (χ3n) is 3.68. The zero-order valence-corrected chi connectivity index (χ0v) is 12.2. The van der Waals surface area contributed by atoms with Crippen LogP contribution in [0, 0.1) is 0 Å². The summed E-state index contributed by atoms with van der Waals surface area (Å²) in [5.74, 6) is 1.31.